The maximum absolute atomic E-state index is 4.50. The summed E-state index contributed by atoms with van der Waals surface area (Å²) in [4.78, 5) is 2.69. The minimum absolute atomic E-state index is 0.187. The quantitative estimate of drug-likeness (QED) is 0.123. The summed E-state index contributed by atoms with van der Waals surface area (Å²) in [7, 11) is 0. The van der Waals surface area contributed by atoms with E-state index < -0.39 is 0 Å². The fourth-order valence-corrected chi connectivity index (χ4v) is 14.7. The molecule has 1 N–H and O–H groups in total. The van der Waals surface area contributed by atoms with Crippen LogP contribution in [0.3, 0.4) is 0 Å². The second-order valence-corrected chi connectivity index (χ2v) is 25.4. The number of hydrogen-bond donors (Lipinski definition) is 1. The first-order valence-electron chi connectivity index (χ1n) is 32.0. The van der Waals surface area contributed by atoms with Crippen molar-refractivity contribution in [3.63, 3.8) is 0 Å². The Hall–Kier alpha value is -10.7. The Bertz CT molecular complexity index is 4910. The van der Waals surface area contributed by atoms with Crippen molar-refractivity contribution in [1.82, 2.24) is 4.57 Å². The average Bonchev–Trinajstić information content (AvgIpc) is 0.800. The smallest absolute Gasteiger partial charge is 0.252 e. The van der Waals surface area contributed by atoms with Crippen LogP contribution in [-0.2, 0) is 11.8 Å². The first-order valence-corrected chi connectivity index (χ1v) is 32.0. The lowest BCUT2D eigenvalue weighted by molar-refractivity contribution is 0.592. The van der Waals surface area contributed by atoms with Gasteiger partial charge in [-0.2, -0.15) is 0 Å². The normalized spacial score (nSPS) is 12.4. The van der Waals surface area contributed by atoms with Crippen LogP contribution in [0.4, 0.5) is 28.4 Å². The molecule has 3 nitrogen and oxygen atoms in total. The number of nitrogens with one attached hydrogen (secondary N) is 1. The summed E-state index contributed by atoms with van der Waals surface area (Å²) in [6.07, 6.45) is 3.05. The molecule has 16 rings (SSSR count). The third kappa shape index (κ3) is 9.36. The minimum atomic E-state index is -0.359. The van der Waals surface area contributed by atoms with Gasteiger partial charge in [-0.05, 0) is 162 Å². The standard InChI is InChI=1S/C86H68BN3/c1-5-6-29-64-50-65(58-32-15-8-16-33-58)51-70(60-36-19-10-20-37-60)81(64)82-73(86(2,3)4)56-80-83-84(82)88-76-55-67(89-77-44-27-25-42-68(77)69-43-26-28-45-78(69)89)47-48-74(76)87(83)75-54-63(57-30-13-7-14-31-57)46-49-79(75)90(80)85-71(61-38-21-11-22-39-61)52-66(59-34-17-9-18-35-59)53-72(85)62-40-23-12-24-41-62/h7-28,30-56,88H,5-6,29H2,1-4H3. The molecule has 0 saturated carbocycles. The molecule has 430 valence electrons. The van der Waals surface area contributed by atoms with E-state index >= 15 is 0 Å². The minimum Gasteiger partial charge on any atom is -0.356 e. The van der Waals surface area contributed by atoms with E-state index in [1.807, 2.05) is 0 Å². The zero-order valence-corrected chi connectivity index (χ0v) is 51.4. The average molecular weight is 1150 g/mol. The maximum atomic E-state index is 4.50. The maximum Gasteiger partial charge on any atom is 0.252 e. The molecule has 4 heteroatoms. The van der Waals surface area contributed by atoms with Crippen LogP contribution in [0.25, 0.3) is 105 Å². The van der Waals surface area contributed by atoms with Crippen molar-refractivity contribution in [3.05, 3.63) is 308 Å². The molecule has 14 aromatic rings. The Kier molecular flexibility index (Phi) is 13.7. The first kappa shape index (κ1) is 54.7. The van der Waals surface area contributed by atoms with Crippen LogP contribution in [-0.4, -0.2) is 11.3 Å². The molecule has 1 aromatic heterocycles. The Morgan fingerprint density at radius 2 is 0.867 bits per heavy atom. The van der Waals surface area contributed by atoms with E-state index in [2.05, 4.69) is 340 Å². The molecule has 0 fully saturated rings. The molecular formula is C86H68BN3. The lowest BCUT2D eigenvalue weighted by Gasteiger charge is -2.44. The third-order valence-electron chi connectivity index (χ3n) is 18.9. The van der Waals surface area contributed by atoms with Gasteiger partial charge in [-0.3, -0.25) is 0 Å². The molecule has 0 radical (unpaired) electrons. The molecule has 0 aliphatic carbocycles. The molecule has 2 aliphatic heterocycles. The SMILES string of the molecule is CCCCc1cc(-c2ccccc2)cc(-c2ccccc2)c1-c1c(C(C)(C)C)cc2c3c1Nc1cc(-n4c5ccccc5c5ccccc54)ccc1B3c1cc(-c3ccccc3)ccc1N2c1c(-c2ccccc2)cc(-c2ccccc2)cc1-c1ccccc1. The molecule has 0 spiro atoms. The molecule has 0 atom stereocenters. The van der Waals surface area contributed by atoms with Gasteiger partial charge in [0.1, 0.15) is 0 Å². The third-order valence-corrected chi connectivity index (χ3v) is 18.9. The van der Waals surface area contributed by atoms with Gasteiger partial charge in [-0.1, -0.05) is 277 Å². The van der Waals surface area contributed by atoms with E-state index in [9.17, 15) is 0 Å². The monoisotopic (exact) mass is 1150 g/mol. The zero-order valence-electron chi connectivity index (χ0n) is 51.4. The highest BCUT2D eigenvalue weighted by Gasteiger charge is 2.45. The summed E-state index contributed by atoms with van der Waals surface area (Å²) >= 11 is 0. The number of hydrogen-bond acceptors (Lipinski definition) is 2. The van der Waals surface area contributed by atoms with Crippen LogP contribution in [0.1, 0.15) is 51.7 Å². The Morgan fingerprint density at radius 3 is 1.40 bits per heavy atom. The highest BCUT2D eigenvalue weighted by atomic mass is 15.2. The summed E-state index contributed by atoms with van der Waals surface area (Å²) in [5, 5.41) is 6.99. The van der Waals surface area contributed by atoms with Gasteiger partial charge in [0, 0.05) is 55.9 Å². The predicted octanol–water partition coefficient (Wildman–Crippen LogP) is 21.4. The van der Waals surface area contributed by atoms with Crippen molar-refractivity contribution in [2.24, 2.45) is 0 Å². The Labute approximate surface area is 529 Å². The van der Waals surface area contributed by atoms with Crippen LogP contribution >= 0.6 is 0 Å². The Morgan fingerprint density at radius 1 is 0.389 bits per heavy atom. The van der Waals surface area contributed by atoms with Crippen molar-refractivity contribution < 1.29 is 0 Å². The molecule has 3 heterocycles. The van der Waals surface area contributed by atoms with Gasteiger partial charge in [0.2, 0.25) is 0 Å². The van der Waals surface area contributed by atoms with E-state index in [0.717, 1.165) is 70.0 Å². The second-order valence-electron chi connectivity index (χ2n) is 25.4. The highest BCUT2D eigenvalue weighted by Crippen LogP contribution is 2.55. The van der Waals surface area contributed by atoms with Crippen molar-refractivity contribution in [3.8, 4) is 83.6 Å². The fraction of sp³-hybridized carbons (Fsp3) is 0.0930. The lowest BCUT2D eigenvalue weighted by atomic mass is 9.33. The first-order chi connectivity index (χ1) is 44.3. The van der Waals surface area contributed by atoms with Gasteiger partial charge in [0.15, 0.2) is 0 Å². The number of para-hydroxylation sites is 2. The summed E-state index contributed by atoms with van der Waals surface area (Å²) in [5.41, 5.74) is 32.1. The summed E-state index contributed by atoms with van der Waals surface area (Å²) in [5.74, 6) is 0. The Balaban J connectivity index is 1.08. The van der Waals surface area contributed by atoms with Crippen molar-refractivity contribution >= 4 is 73.3 Å². The van der Waals surface area contributed by atoms with E-state index in [1.165, 1.54) is 111 Å². The zero-order chi connectivity index (χ0) is 60.5. The second kappa shape index (κ2) is 22.5. The van der Waals surface area contributed by atoms with Crippen LogP contribution < -0.4 is 26.6 Å². The summed E-state index contributed by atoms with van der Waals surface area (Å²) in [6.45, 7) is 9.43. The molecule has 0 bridgehead atoms. The lowest BCUT2D eigenvalue weighted by Crippen LogP contribution is -2.60. The number of unbranched alkanes of at least 4 members (excludes halogenated alkanes) is 1. The van der Waals surface area contributed by atoms with Gasteiger partial charge in [0.05, 0.1) is 16.7 Å². The number of nitrogens with zero attached hydrogens (tertiary/aromatic N) is 2. The summed E-state index contributed by atoms with van der Waals surface area (Å²) < 4.78 is 2.47. The van der Waals surface area contributed by atoms with Crippen LogP contribution in [0.15, 0.2) is 297 Å². The largest absolute Gasteiger partial charge is 0.356 e. The van der Waals surface area contributed by atoms with Crippen LogP contribution in [0.2, 0.25) is 0 Å². The van der Waals surface area contributed by atoms with Gasteiger partial charge in [-0.25, -0.2) is 0 Å². The number of aromatic nitrogens is 1. The topological polar surface area (TPSA) is 20.2 Å². The number of aryl methyl sites for hydroxylation is 1. The molecule has 0 amide bonds. The number of fused-ring (bicyclic) bond motifs is 7. The molecule has 0 unspecified atom stereocenters. The molecule has 90 heavy (non-hydrogen) atoms. The predicted molar refractivity (Wildman–Crippen MR) is 385 cm³/mol. The molecule has 0 saturated heterocycles. The number of rotatable bonds is 12. The van der Waals surface area contributed by atoms with Crippen LogP contribution in [0.5, 0.6) is 0 Å². The van der Waals surface area contributed by atoms with Gasteiger partial charge < -0.3 is 14.8 Å². The number of benzene rings is 13. The van der Waals surface area contributed by atoms with E-state index in [0.29, 0.717) is 0 Å². The van der Waals surface area contributed by atoms with Crippen molar-refractivity contribution in [1.29, 1.82) is 0 Å². The van der Waals surface area contributed by atoms with E-state index in [1.54, 1.807) is 0 Å². The molecular weight excluding hydrogens is 1090 g/mol. The van der Waals surface area contributed by atoms with E-state index in [4.69, 9.17) is 0 Å². The summed E-state index contributed by atoms with van der Waals surface area (Å²) in [6, 6.07) is 111. The fourth-order valence-electron chi connectivity index (χ4n) is 14.7. The van der Waals surface area contributed by atoms with Crippen LogP contribution in [0, 0.1) is 0 Å². The number of anilines is 5. The molecule has 2 aliphatic rings. The van der Waals surface area contributed by atoms with Gasteiger partial charge in [-0.15, -0.1) is 0 Å². The molecule has 13 aromatic carbocycles. The van der Waals surface area contributed by atoms with Crippen molar-refractivity contribution in [2.75, 3.05) is 10.2 Å². The highest BCUT2D eigenvalue weighted by molar-refractivity contribution is 7.00. The van der Waals surface area contributed by atoms with Gasteiger partial charge in [0.25, 0.3) is 6.71 Å². The van der Waals surface area contributed by atoms with Gasteiger partial charge >= 0.3 is 0 Å². The van der Waals surface area contributed by atoms with Crippen molar-refractivity contribution in [2.45, 2.75) is 52.4 Å². The van der Waals surface area contributed by atoms with E-state index in [-0.39, 0.29) is 12.1 Å².